The molecule has 0 spiro atoms. The van der Waals surface area contributed by atoms with Gasteiger partial charge in [0.05, 0.1) is 25.4 Å². The number of unbranched alkanes of at least 4 members (excludes halogenated alkanes) is 60. The van der Waals surface area contributed by atoms with Gasteiger partial charge in [-0.15, -0.1) is 0 Å². The third kappa shape index (κ3) is 59.7. The van der Waals surface area contributed by atoms with Crippen molar-refractivity contribution in [3.05, 3.63) is 24.3 Å². The standard InChI is InChI=1S/C82H159NO8/c1-3-5-7-9-11-13-15-17-19-21-23-25-27-29-31-33-35-36-37-38-39-40-42-44-46-48-50-52-54-56-58-60-62-64-66-68-70-72-78(86)83-75(74-90-82-81(89)80(88)79(87)77(73-84)91-82)76(85)71-69-67-65-63-61-59-57-55-53-51-49-47-45-43-41-34-32-30-28-26-24-22-20-18-16-14-12-10-8-6-4-2/h15,17,21,23,75-77,79-82,84-85,87-89H,3-14,16,18-20,22,24-74H2,1-2H3,(H,83,86)/b17-15-,23-21-. The molecule has 1 amide bonds. The molecule has 6 N–H and O–H groups in total. The lowest BCUT2D eigenvalue weighted by atomic mass is 9.99. The Morgan fingerprint density at radius 2 is 0.648 bits per heavy atom. The molecule has 0 aliphatic carbocycles. The molecule has 1 fully saturated rings. The number of nitrogens with one attached hydrogen (secondary N) is 1. The van der Waals surface area contributed by atoms with E-state index >= 15 is 0 Å². The maximum atomic E-state index is 13.2. The van der Waals surface area contributed by atoms with E-state index in [0.29, 0.717) is 12.8 Å². The van der Waals surface area contributed by atoms with E-state index in [0.717, 1.165) is 44.9 Å². The van der Waals surface area contributed by atoms with Gasteiger partial charge in [0, 0.05) is 6.42 Å². The predicted octanol–water partition coefficient (Wildman–Crippen LogP) is 23.5. The number of amides is 1. The number of hydrogen-bond acceptors (Lipinski definition) is 8. The molecule has 0 radical (unpaired) electrons. The number of aliphatic hydroxyl groups is 5. The van der Waals surface area contributed by atoms with Crippen LogP contribution in [0.5, 0.6) is 0 Å². The summed E-state index contributed by atoms with van der Waals surface area (Å²) in [7, 11) is 0. The van der Waals surface area contributed by atoms with Gasteiger partial charge in [-0.1, -0.05) is 411 Å². The molecule has 9 nitrogen and oxygen atoms in total. The van der Waals surface area contributed by atoms with Crippen molar-refractivity contribution in [2.24, 2.45) is 0 Å². The highest BCUT2D eigenvalue weighted by Gasteiger charge is 2.44. The first-order valence-electron chi connectivity index (χ1n) is 41.0. The van der Waals surface area contributed by atoms with Crippen LogP contribution in [-0.4, -0.2) is 87.5 Å². The Morgan fingerprint density at radius 3 is 0.945 bits per heavy atom. The van der Waals surface area contributed by atoms with Crippen LogP contribution in [0.3, 0.4) is 0 Å². The van der Waals surface area contributed by atoms with Crippen molar-refractivity contribution < 1.29 is 39.8 Å². The Hall–Kier alpha value is -1.33. The van der Waals surface area contributed by atoms with E-state index in [-0.39, 0.29) is 12.5 Å². The second-order valence-corrected chi connectivity index (χ2v) is 28.9. The third-order valence-corrected chi connectivity index (χ3v) is 20.1. The number of rotatable bonds is 74. The van der Waals surface area contributed by atoms with Gasteiger partial charge in [-0.3, -0.25) is 4.79 Å². The van der Waals surface area contributed by atoms with Gasteiger partial charge in [0.25, 0.3) is 0 Å². The number of ether oxygens (including phenoxy) is 2. The van der Waals surface area contributed by atoms with Crippen molar-refractivity contribution in [1.29, 1.82) is 0 Å². The smallest absolute Gasteiger partial charge is 0.220 e. The van der Waals surface area contributed by atoms with Crippen molar-refractivity contribution in [2.75, 3.05) is 13.2 Å². The summed E-state index contributed by atoms with van der Waals surface area (Å²) >= 11 is 0. The van der Waals surface area contributed by atoms with E-state index in [4.69, 9.17) is 9.47 Å². The molecule has 0 aromatic heterocycles. The number of hydrogen-bond donors (Lipinski definition) is 6. The summed E-state index contributed by atoms with van der Waals surface area (Å²) in [4.78, 5) is 13.2. The van der Waals surface area contributed by atoms with Gasteiger partial charge in [0.1, 0.15) is 24.4 Å². The Morgan fingerprint density at radius 1 is 0.374 bits per heavy atom. The van der Waals surface area contributed by atoms with Crippen LogP contribution in [0.25, 0.3) is 0 Å². The lowest BCUT2D eigenvalue weighted by Gasteiger charge is -2.40. The second kappa shape index (κ2) is 71.4. The fraction of sp³-hybridized carbons (Fsp3) is 0.939. The minimum atomic E-state index is -1.55. The molecule has 7 atom stereocenters. The first-order chi connectivity index (χ1) is 44.8. The van der Waals surface area contributed by atoms with Crippen molar-refractivity contribution in [1.82, 2.24) is 5.32 Å². The molecule has 1 rings (SSSR count). The van der Waals surface area contributed by atoms with Crippen LogP contribution in [0.4, 0.5) is 0 Å². The Kier molecular flexibility index (Phi) is 68.8. The van der Waals surface area contributed by atoms with Gasteiger partial charge in [-0.05, 0) is 44.9 Å². The van der Waals surface area contributed by atoms with Crippen LogP contribution in [-0.2, 0) is 14.3 Å². The van der Waals surface area contributed by atoms with Gasteiger partial charge in [-0.2, -0.15) is 0 Å². The van der Waals surface area contributed by atoms with Crippen LogP contribution >= 0.6 is 0 Å². The van der Waals surface area contributed by atoms with E-state index < -0.39 is 49.5 Å². The Balaban J connectivity index is 2.03. The summed E-state index contributed by atoms with van der Waals surface area (Å²) in [5.74, 6) is -0.133. The maximum absolute atomic E-state index is 13.2. The van der Waals surface area contributed by atoms with Crippen LogP contribution in [0.2, 0.25) is 0 Å². The van der Waals surface area contributed by atoms with Gasteiger partial charge >= 0.3 is 0 Å². The van der Waals surface area contributed by atoms with Crippen molar-refractivity contribution >= 4 is 5.91 Å². The molecular formula is C82H159NO8. The number of allylic oxidation sites excluding steroid dienone is 4. The highest BCUT2D eigenvalue weighted by atomic mass is 16.7. The van der Waals surface area contributed by atoms with E-state index in [2.05, 4.69) is 43.5 Å². The fourth-order valence-corrected chi connectivity index (χ4v) is 13.7. The number of carbonyl (C=O) groups is 1. The molecule has 1 aliphatic heterocycles. The molecule has 0 aromatic rings. The summed E-state index contributed by atoms with van der Waals surface area (Å²) in [6.45, 7) is 3.90. The van der Waals surface area contributed by atoms with E-state index in [1.165, 1.54) is 366 Å². The van der Waals surface area contributed by atoms with Gasteiger partial charge in [-0.25, -0.2) is 0 Å². The second-order valence-electron chi connectivity index (χ2n) is 28.9. The monoisotopic (exact) mass is 1290 g/mol. The van der Waals surface area contributed by atoms with Crippen LogP contribution < -0.4 is 5.32 Å². The summed E-state index contributed by atoms with van der Waals surface area (Å²) in [5.41, 5.74) is 0. The quantitative estimate of drug-likeness (QED) is 0.0261. The highest BCUT2D eigenvalue weighted by Crippen LogP contribution is 2.24. The average Bonchev–Trinajstić information content (AvgIpc) is 1.70. The molecule has 91 heavy (non-hydrogen) atoms. The van der Waals surface area contributed by atoms with Crippen molar-refractivity contribution in [2.45, 2.75) is 480 Å². The normalized spacial score (nSPS) is 17.7. The summed E-state index contributed by atoms with van der Waals surface area (Å²) < 4.78 is 11.4. The zero-order valence-electron chi connectivity index (χ0n) is 60.9. The molecule has 0 bridgehead atoms. The molecule has 0 aromatic carbocycles. The third-order valence-electron chi connectivity index (χ3n) is 20.1. The largest absolute Gasteiger partial charge is 0.394 e. The van der Waals surface area contributed by atoms with Gasteiger partial charge in [0.15, 0.2) is 6.29 Å². The Bertz CT molecular complexity index is 1490. The minimum Gasteiger partial charge on any atom is -0.394 e. The molecule has 7 unspecified atom stereocenters. The maximum Gasteiger partial charge on any atom is 0.220 e. The van der Waals surface area contributed by atoms with Gasteiger partial charge < -0.3 is 40.3 Å². The molecule has 1 saturated heterocycles. The first kappa shape index (κ1) is 87.7. The van der Waals surface area contributed by atoms with Crippen molar-refractivity contribution in [3.8, 4) is 0 Å². The van der Waals surface area contributed by atoms with Crippen molar-refractivity contribution in [3.63, 3.8) is 0 Å². The molecule has 1 heterocycles. The fourth-order valence-electron chi connectivity index (χ4n) is 13.7. The summed E-state index contributed by atoms with van der Waals surface area (Å²) in [6, 6.07) is -0.718. The first-order valence-corrected chi connectivity index (χ1v) is 41.0. The SMILES string of the molecule is CCCCCCC/C=C\C/C=C\CCCCCCCCCCCCCCCCCCCCCCCCCCCC(=O)NC(COC1OC(CO)C(O)C(O)C1O)C(O)CCCCCCCCCCCCCCCCCCCCCCCCCCCCCCCCC. The lowest BCUT2D eigenvalue weighted by molar-refractivity contribution is -0.302. The van der Waals surface area contributed by atoms with Gasteiger partial charge in [0.2, 0.25) is 5.91 Å². The average molecular weight is 1290 g/mol. The number of carbonyl (C=O) groups excluding carboxylic acids is 1. The minimum absolute atomic E-state index is 0.132. The molecule has 1 aliphatic rings. The zero-order valence-corrected chi connectivity index (χ0v) is 60.9. The van der Waals surface area contributed by atoms with Crippen LogP contribution in [0, 0.1) is 0 Å². The topological polar surface area (TPSA) is 149 Å². The van der Waals surface area contributed by atoms with Crippen LogP contribution in [0.15, 0.2) is 24.3 Å². The van der Waals surface area contributed by atoms with Crippen LogP contribution in [0.1, 0.15) is 438 Å². The van der Waals surface area contributed by atoms with E-state index in [1.807, 2.05) is 0 Å². The lowest BCUT2D eigenvalue weighted by Crippen LogP contribution is -2.60. The predicted molar refractivity (Wildman–Crippen MR) is 392 cm³/mol. The Labute approximate surface area is 566 Å². The van der Waals surface area contributed by atoms with E-state index in [9.17, 15) is 30.3 Å². The molecule has 0 saturated carbocycles. The highest BCUT2D eigenvalue weighted by molar-refractivity contribution is 5.76. The molecule has 540 valence electrons. The number of aliphatic hydroxyl groups excluding tert-OH is 5. The van der Waals surface area contributed by atoms with E-state index in [1.54, 1.807) is 0 Å². The summed E-state index contributed by atoms with van der Waals surface area (Å²) in [5, 5.41) is 55.1. The molecule has 9 heteroatoms. The summed E-state index contributed by atoms with van der Waals surface area (Å²) in [6.07, 6.45) is 88.7. The molecular weight excluding hydrogens is 1130 g/mol. The zero-order chi connectivity index (χ0) is 65.7.